The Morgan fingerprint density at radius 3 is 3.08 bits per heavy atom. The molecule has 0 heterocycles. The molecule has 0 aromatic heterocycles. The van der Waals surface area contributed by atoms with Crippen LogP contribution in [0.1, 0.15) is 38.5 Å². The normalized spacial score (nSPS) is 41.4. The molecule has 0 radical (unpaired) electrons. The number of hydrogen-bond donors (Lipinski definition) is 1. The van der Waals surface area contributed by atoms with Gasteiger partial charge < -0.3 is 5.11 Å². The molecule has 2 atom stereocenters. The number of rotatable bonds is 1. The smallest absolute Gasteiger partial charge is 0.141 e. The van der Waals surface area contributed by atoms with E-state index in [0.717, 1.165) is 31.6 Å². The number of hydrogen-bond acceptors (Lipinski definition) is 2. The topological polar surface area (TPSA) is 37.3 Å². The highest BCUT2D eigenvalue weighted by Gasteiger charge is 2.45. The molecular weight excluding hydrogens is 152 g/mol. The van der Waals surface area contributed by atoms with Crippen molar-refractivity contribution in [1.82, 2.24) is 0 Å². The van der Waals surface area contributed by atoms with E-state index in [2.05, 4.69) is 0 Å². The average molecular weight is 168 g/mol. The molecule has 0 aromatic carbocycles. The van der Waals surface area contributed by atoms with Gasteiger partial charge in [0.25, 0.3) is 0 Å². The molecular formula is C10H16O2. The highest BCUT2D eigenvalue weighted by atomic mass is 16.3. The van der Waals surface area contributed by atoms with Crippen molar-refractivity contribution in [3.63, 3.8) is 0 Å². The maximum Gasteiger partial charge on any atom is 0.141 e. The lowest BCUT2D eigenvalue weighted by Gasteiger charge is -2.23. The van der Waals surface area contributed by atoms with Crippen molar-refractivity contribution < 1.29 is 9.90 Å². The first-order chi connectivity index (χ1) is 5.77. The summed E-state index contributed by atoms with van der Waals surface area (Å²) in [5.74, 6) is 1.05. The van der Waals surface area contributed by atoms with Crippen LogP contribution in [0.4, 0.5) is 0 Å². The Hall–Kier alpha value is -0.370. The molecule has 2 aliphatic rings. The molecule has 2 saturated carbocycles. The minimum Gasteiger partial charge on any atom is -0.395 e. The summed E-state index contributed by atoms with van der Waals surface area (Å²) in [6, 6.07) is 0. The third kappa shape index (κ3) is 1.09. The molecule has 12 heavy (non-hydrogen) atoms. The number of aliphatic hydroxyl groups is 1. The zero-order valence-corrected chi connectivity index (χ0v) is 7.38. The molecule has 68 valence electrons. The monoisotopic (exact) mass is 168 g/mol. The molecule has 2 rings (SSSR count). The van der Waals surface area contributed by atoms with Gasteiger partial charge in [0.05, 0.1) is 12.0 Å². The number of aliphatic hydroxyl groups excluding tert-OH is 1. The number of carbonyl (C=O) groups is 1. The summed E-state index contributed by atoms with van der Waals surface area (Å²) in [6.07, 6.45) is 6.01. The minimum absolute atomic E-state index is 0.0856. The average Bonchev–Trinajstić information content (AvgIpc) is 2.41. The van der Waals surface area contributed by atoms with E-state index in [0.29, 0.717) is 12.2 Å². The quantitative estimate of drug-likeness (QED) is 0.644. The van der Waals surface area contributed by atoms with Gasteiger partial charge in [0.15, 0.2) is 0 Å². The first-order valence-corrected chi connectivity index (χ1v) is 4.91. The van der Waals surface area contributed by atoms with E-state index in [1.54, 1.807) is 0 Å². The van der Waals surface area contributed by atoms with Gasteiger partial charge in [0, 0.05) is 6.42 Å². The lowest BCUT2D eigenvalue weighted by molar-refractivity contribution is -0.130. The Bertz CT molecular complexity index is 200. The number of Topliss-reactive ketones (excluding diaryl/α,β-unsaturated/α-hetero) is 1. The van der Waals surface area contributed by atoms with Crippen molar-refractivity contribution in [2.75, 3.05) is 6.61 Å². The molecule has 0 unspecified atom stereocenters. The minimum atomic E-state index is -0.304. The van der Waals surface area contributed by atoms with Gasteiger partial charge in [-0.1, -0.05) is 0 Å². The van der Waals surface area contributed by atoms with Gasteiger partial charge in [0.1, 0.15) is 5.78 Å². The molecule has 0 aromatic rings. The fourth-order valence-electron chi connectivity index (χ4n) is 2.79. The lowest BCUT2D eigenvalue weighted by atomic mass is 9.81. The largest absolute Gasteiger partial charge is 0.395 e. The first-order valence-electron chi connectivity index (χ1n) is 4.91. The van der Waals surface area contributed by atoms with Crippen molar-refractivity contribution in [2.24, 2.45) is 11.3 Å². The summed E-state index contributed by atoms with van der Waals surface area (Å²) in [6.45, 7) is 0.0856. The fourth-order valence-corrected chi connectivity index (χ4v) is 2.79. The van der Waals surface area contributed by atoms with Crippen molar-refractivity contribution in [3.05, 3.63) is 0 Å². The second kappa shape index (κ2) is 2.84. The number of fused-ring (bicyclic) bond motifs is 2. The third-order valence-corrected chi connectivity index (χ3v) is 3.62. The molecule has 0 amide bonds. The van der Waals surface area contributed by atoms with E-state index < -0.39 is 0 Å². The molecule has 2 fully saturated rings. The van der Waals surface area contributed by atoms with Crippen LogP contribution in [0.5, 0.6) is 0 Å². The van der Waals surface area contributed by atoms with Crippen LogP contribution in [0.3, 0.4) is 0 Å². The molecule has 2 nitrogen and oxygen atoms in total. The van der Waals surface area contributed by atoms with Crippen LogP contribution in [0.15, 0.2) is 0 Å². The van der Waals surface area contributed by atoms with E-state index in [1.165, 1.54) is 6.42 Å². The van der Waals surface area contributed by atoms with E-state index in [1.807, 2.05) is 0 Å². The van der Waals surface area contributed by atoms with E-state index in [4.69, 9.17) is 0 Å². The molecule has 1 N–H and O–H groups in total. The second-order valence-electron chi connectivity index (χ2n) is 4.36. The third-order valence-electron chi connectivity index (χ3n) is 3.62. The molecule has 0 spiro atoms. The van der Waals surface area contributed by atoms with E-state index in [-0.39, 0.29) is 12.0 Å². The van der Waals surface area contributed by atoms with Crippen LogP contribution >= 0.6 is 0 Å². The van der Waals surface area contributed by atoms with Crippen molar-refractivity contribution >= 4 is 5.78 Å². The predicted molar refractivity (Wildman–Crippen MR) is 45.7 cm³/mol. The molecule has 2 bridgehead atoms. The van der Waals surface area contributed by atoms with Gasteiger partial charge in [-0.15, -0.1) is 0 Å². The Labute approximate surface area is 73.0 Å². The summed E-state index contributed by atoms with van der Waals surface area (Å²) >= 11 is 0. The first kappa shape index (κ1) is 8.24. The molecule has 2 aliphatic carbocycles. The van der Waals surface area contributed by atoms with Crippen LogP contribution in [0.2, 0.25) is 0 Å². The van der Waals surface area contributed by atoms with E-state index >= 15 is 0 Å². The van der Waals surface area contributed by atoms with Gasteiger partial charge >= 0.3 is 0 Å². The van der Waals surface area contributed by atoms with Crippen molar-refractivity contribution in [2.45, 2.75) is 38.5 Å². The Balaban J connectivity index is 2.22. The standard InChI is InChI=1S/C10H16O2/c11-7-10-5-4-8(6-10)2-1-3-9(10)12/h8,11H,1-7H2/t8-,10+/m1/s1. The zero-order valence-electron chi connectivity index (χ0n) is 7.38. The Morgan fingerprint density at radius 1 is 1.50 bits per heavy atom. The summed E-state index contributed by atoms with van der Waals surface area (Å²) in [7, 11) is 0. The Morgan fingerprint density at radius 2 is 2.33 bits per heavy atom. The van der Waals surface area contributed by atoms with E-state index in [9.17, 15) is 9.90 Å². The van der Waals surface area contributed by atoms with Gasteiger partial charge in [-0.25, -0.2) is 0 Å². The van der Waals surface area contributed by atoms with Crippen molar-refractivity contribution in [1.29, 1.82) is 0 Å². The lowest BCUT2D eigenvalue weighted by Crippen LogP contribution is -2.31. The van der Waals surface area contributed by atoms with Crippen LogP contribution < -0.4 is 0 Å². The summed E-state index contributed by atoms with van der Waals surface area (Å²) in [5, 5.41) is 9.24. The van der Waals surface area contributed by atoms with Crippen LogP contribution in [0, 0.1) is 11.3 Å². The van der Waals surface area contributed by atoms with Gasteiger partial charge in [-0.2, -0.15) is 0 Å². The fraction of sp³-hybridized carbons (Fsp3) is 0.900. The van der Waals surface area contributed by atoms with Gasteiger partial charge in [0.2, 0.25) is 0 Å². The molecule has 2 heteroatoms. The summed E-state index contributed by atoms with van der Waals surface area (Å²) in [5.41, 5.74) is -0.304. The summed E-state index contributed by atoms with van der Waals surface area (Å²) < 4.78 is 0. The SMILES string of the molecule is O=C1CCC[C@@H]2CC[C@@]1(CO)C2. The molecule has 0 saturated heterocycles. The van der Waals surface area contributed by atoms with Crippen molar-refractivity contribution in [3.8, 4) is 0 Å². The summed E-state index contributed by atoms with van der Waals surface area (Å²) in [4.78, 5) is 11.7. The number of ketones is 1. The van der Waals surface area contributed by atoms with Gasteiger partial charge in [-0.3, -0.25) is 4.79 Å². The van der Waals surface area contributed by atoms with Crippen LogP contribution in [-0.2, 0) is 4.79 Å². The predicted octanol–water partition coefficient (Wildman–Crippen LogP) is 1.52. The maximum absolute atomic E-state index is 11.7. The zero-order chi connectivity index (χ0) is 8.60. The second-order valence-corrected chi connectivity index (χ2v) is 4.36. The highest BCUT2D eigenvalue weighted by molar-refractivity contribution is 5.85. The van der Waals surface area contributed by atoms with Gasteiger partial charge in [-0.05, 0) is 38.0 Å². The Kier molecular flexibility index (Phi) is 1.95. The molecule has 0 aliphatic heterocycles. The van der Waals surface area contributed by atoms with Crippen LogP contribution in [0.25, 0.3) is 0 Å². The van der Waals surface area contributed by atoms with Crippen LogP contribution in [-0.4, -0.2) is 17.5 Å². The number of carbonyl (C=O) groups excluding carboxylic acids is 1. The highest BCUT2D eigenvalue weighted by Crippen LogP contribution is 2.47. The maximum atomic E-state index is 11.7.